The highest BCUT2D eigenvalue weighted by Crippen LogP contribution is 2.26. The molecule has 1 N–H and O–H groups in total. The van der Waals surface area contributed by atoms with E-state index >= 15 is 0 Å². The molecule has 6 heteroatoms. The molecule has 0 fully saturated rings. The van der Waals surface area contributed by atoms with Gasteiger partial charge < -0.3 is 10.1 Å². The minimum absolute atomic E-state index is 0.0160. The van der Waals surface area contributed by atoms with E-state index in [-0.39, 0.29) is 12.6 Å². The lowest BCUT2D eigenvalue weighted by molar-refractivity contribution is -0.175. The van der Waals surface area contributed by atoms with Crippen LogP contribution in [0.3, 0.4) is 0 Å². The molecule has 0 spiro atoms. The normalized spacial score (nSPS) is 13.6. The Kier molecular flexibility index (Phi) is 5.82. The number of alkyl halides is 3. The summed E-state index contributed by atoms with van der Waals surface area (Å²) in [5.74, 6) is 0. The smallest absolute Gasteiger partial charge is 0.370 e. The lowest BCUT2D eigenvalue weighted by atomic mass is 9.99. The van der Waals surface area contributed by atoms with E-state index in [2.05, 4.69) is 21.2 Å². The zero-order chi connectivity index (χ0) is 14.6. The molecule has 0 bridgehead atoms. The van der Waals surface area contributed by atoms with Crippen LogP contribution in [0.5, 0.6) is 0 Å². The van der Waals surface area contributed by atoms with Crippen molar-refractivity contribution in [3.63, 3.8) is 0 Å². The van der Waals surface area contributed by atoms with Gasteiger partial charge in [-0.1, -0.05) is 22.0 Å². The molecular formula is C13H17BrF3NO. The summed E-state index contributed by atoms with van der Waals surface area (Å²) in [5, 5.41) is 2.98. The fraction of sp³-hybridized carbons (Fsp3) is 0.538. The molecule has 0 saturated carbocycles. The van der Waals surface area contributed by atoms with Crippen molar-refractivity contribution in [3.05, 3.63) is 33.3 Å². The number of nitrogens with one attached hydrogen (secondary N) is 1. The van der Waals surface area contributed by atoms with E-state index in [0.29, 0.717) is 0 Å². The number of hydrogen-bond donors (Lipinski definition) is 1. The summed E-state index contributed by atoms with van der Waals surface area (Å²) in [7, 11) is 1.71. The number of likely N-dealkylation sites (N-methyl/N-ethyl adjacent to an activating group) is 1. The maximum Gasteiger partial charge on any atom is 0.411 e. The van der Waals surface area contributed by atoms with E-state index in [4.69, 9.17) is 4.74 Å². The van der Waals surface area contributed by atoms with Gasteiger partial charge in [0.15, 0.2) is 0 Å². The summed E-state index contributed by atoms with van der Waals surface area (Å²) in [4.78, 5) is 0. The van der Waals surface area contributed by atoms with Crippen LogP contribution in [0, 0.1) is 13.8 Å². The molecule has 0 aliphatic heterocycles. The Morgan fingerprint density at radius 1 is 1.26 bits per heavy atom. The summed E-state index contributed by atoms with van der Waals surface area (Å²) >= 11 is 3.43. The number of benzene rings is 1. The Hall–Kier alpha value is -0.590. The van der Waals surface area contributed by atoms with Crippen LogP contribution < -0.4 is 5.32 Å². The maximum atomic E-state index is 12.1. The summed E-state index contributed by atoms with van der Waals surface area (Å²) in [6.45, 7) is 2.63. The average Bonchev–Trinajstić information content (AvgIpc) is 2.29. The van der Waals surface area contributed by atoms with Gasteiger partial charge in [-0.2, -0.15) is 13.2 Å². The molecule has 0 heterocycles. The number of halogens is 4. The Bertz CT molecular complexity index is 435. The molecule has 0 aliphatic carbocycles. The lowest BCUT2D eigenvalue weighted by Gasteiger charge is -2.20. The second kappa shape index (κ2) is 6.72. The van der Waals surface area contributed by atoms with Crippen LogP contribution in [0.2, 0.25) is 0 Å². The molecule has 19 heavy (non-hydrogen) atoms. The van der Waals surface area contributed by atoms with Crippen LogP contribution in [0.4, 0.5) is 13.2 Å². The van der Waals surface area contributed by atoms with Gasteiger partial charge in [-0.15, -0.1) is 0 Å². The predicted octanol–water partition coefficient (Wildman–Crippen LogP) is 3.91. The molecule has 2 nitrogen and oxygen atoms in total. The van der Waals surface area contributed by atoms with Crippen LogP contribution >= 0.6 is 15.9 Å². The summed E-state index contributed by atoms with van der Waals surface area (Å²) < 4.78 is 41.9. The molecule has 0 amide bonds. The molecule has 1 unspecified atom stereocenters. The molecule has 108 valence electrons. The highest BCUT2D eigenvalue weighted by atomic mass is 79.9. The molecule has 1 aromatic rings. The second-order valence-corrected chi connectivity index (χ2v) is 5.28. The van der Waals surface area contributed by atoms with Gasteiger partial charge in [0.1, 0.15) is 6.61 Å². The fourth-order valence-electron chi connectivity index (χ4n) is 1.80. The summed E-state index contributed by atoms with van der Waals surface area (Å²) in [6.07, 6.45) is -4.29. The van der Waals surface area contributed by atoms with Gasteiger partial charge in [0, 0.05) is 4.47 Å². The Labute approximate surface area is 119 Å². The van der Waals surface area contributed by atoms with Crippen LogP contribution in [-0.4, -0.2) is 26.4 Å². The summed E-state index contributed by atoms with van der Waals surface area (Å²) in [6, 6.07) is 3.66. The van der Waals surface area contributed by atoms with E-state index in [1.54, 1.807) is 7.05 Å². The monoisotopic (exact) mass is 339 g/mol. The highest BCUT2D eigenvalue weighted by molar-refractivity contribution is 9.10. The zero-order valence-corrected chi connectivity index (χ0v) is 12.7. The molecule has 0 aliphatic rings. The molecular weight excluding hydrogens is 323 g/mol. The van der Waals surface area contributed by atoms with Crippen LogP contribution in [0.1, 0.15) is 22.7 Å². The summed E-state index contributed by atoms with van der Waals surface area (Å²) in [5.41, 5.74) is 2.99. The number of aryl methyl sites for hydroxylation is 2. The lowest BCUT2D eigenvalue weighted by Crippen LogP contribution is -2.26. The topological polar surface area (TPSA) is 21.3 Å². The predicted molar refractivity (Wildman–Crippen MR) is 72.3 cm³/mol. The third-order valence-corrected chi connectivity index (χ3v) is 3.68. The van der Waals surface area contributed by atoms with E-state index in [1.165, 1.54) is 0 Å². The fourth-order valence-corrected chi connectivity index (χ4v) is 2.26. The molecule has 1 rings (SSSR count). The van der Waals surface area contributed by atoms with Crippen molar-refractivity contribution in [1.29, 1.82) is 0 Å². The van der Waals surface area contributed by atoms with Crippen LogP contribution in [0.15, 0.2) is 16.6 Å². The molecule has 1 atom stereocenters. The van der Waals surface area contributed by atoms with Gasteiger partial charge in [-0.3, -0.25) is 0 Å². The first kappa shape index (κ1) is 16.5. The van der Waals surface area contributed by atoms with Crippen molar-refractivity contribution in [2.75, 3.05) is 20.3 Å². The van der Waals surface area contributed by atoms with Gasteiger partial charge in [0.05, 0.1) is 12.6 Å². The van der Waals surface area contributed by atoms with Crippen molar-refractivity contribution in [3.8, 4) is 0 Å². The van der Waals surface area contributed by atoms with Crippen molar-refractivity contribution < 1.29 is 17.9 Å². The van der Waals surface area contributed by atoms with E-state index in [9.17, 15) is 13.2 Å². The first-order valence-electron chi connectivity index (χ1n) is 5.83. The van der Waals surface area contributed by atoms with Gasteiger partial charge in [0.2, 0.25) is 0 Å². The minimum atomic E-state index is -4.29. The van der Waals surface area contributed by atoms with Gasteiger partial charge in [0.25, 0.3) is 0 Å². The standard InChI is InChI=1S/C13H17BrF3NO/c1-8-5-11(14)9(2)4-10(8)12(18-3)6-19-7-13(15,16)17/h4-5,12,18H,6-7H2,1-3H3. The van der Waals surface area contributed by atoms with Gasteiger partial charge in [-0.05, 0) is 43.7 Å². The molecule has 0 radical (unpaired) electrons. The Balaban J connectivity index is 2.77. The van der Waals surface area contributed by atoms with Crippen molar-refractivity contribution in [2.45, 2.75) is 26.1 Å². The van der Waals surface area contributed by atoms with E-state index < -0.39 is 12.8 Å². The van der Waals surface area contributed by atoms with Crippen LogP contribution in [0.25, 0.3) is 0 Å². The first-order valence-corrected chi connectivity index (χ1v) is 6.62. The second-order valence-electron chi connectivity index (χ2n) is 4.43. The zero-order valence-electron chi connectivity index (χ0n) is 11.1. The van der Waals surface area contributed by atoms with Crippen molar-refractivity contribution >= 4 is 15.9 Å². The minimum Gasteiger partial charge on any atom is -0.370 e. The largest absolute Gasteiger partial charge is 0.411 e. The van der Waals surface area contributed by atoms with E-state index in [0.717, 1.165) is 21.2 Å². The maximum absolute atomic E-state index is 12.1. The SMILES string of the molecule is CNC(COCC(F)(F)F)c1cc(C)c(Br)cc1C. The van der Waals surface area contributed by atoms with E-state index in [1.807, 2.05) is 26.0 Å². The van der Waals surface area contributed by atoms with Crippen molar-refractivity contribution in [1.82, 2.24) is 5.32 Å². The van der Waals surface area contributed by atoms with Crippen molar-refractivity contribution in [2.24, 2.45) is 0 Å². The quantitative estimate of drug-likeness (QED) is 0.878. The number of rotatable bonds is 5. The number of hydrogen-bond acceptors (Lipinski definition) is 2. The Morgan fingerprint density at radius 3 is 2.42 bits per heavy atom. The van der Waals surface area contributed by atoms with Crippen LogP contribution in [-0.2, 0) is 4.74 Å². The third-order valence-electron chi connectivity index (χ3n) is 2.82. The highest BCUT2D eigenvalue weighted by Gasteiger charge is 2.28. The molecule has 0 saturated heterocycles. The average molecular weight is 340 g/mol. The third kappa shape index (κ3) is 5.12. The van der Waals surface area contributed by atoms with Gasteiger partial charge >= 0.3 is 6.18 Å². The Morgan fingerprint density at radius 2 is 1.89 bits per heavy atom. The molecule has 1 aromatic carbocycles. The molecule has 0 aromatic heterocycles. The first-order chi connectivity index (χ1) is 8.74. The number of ether oxygens (including phenoxy) is 1. The van der Waals surface area contributed by atoms with Gasteiger partial charge in [-0.25, -0.2) is 0 Å².